The predicted molar refractivity (Wildman–Crippen MR) is 76.8 cm³/mol. The van der Waals surface area contributed by atoms with Gasteiger partial charge in [0.25, 0.3) is 5.91 Å². The molecule has 0 fully saturated rings. The van der Waals surface area contributed by atoms with Crippen LogP contribution in [-0.4, -0.2) is 17.6 Å². The normalized spacial score (nSPS) is 12.2. The Morgan fingerprint density at radius 3 is 2.81 bits per heavy atom. The van der Waals surface area contributed by atoms with Crippen molar-refractivity contribution in [1.29, 1.82) is 0 Å². The summed E-state index contributed by atoms with van der Waals surface area (Å²) in [5.74, 6) is -0.150. The van der Waals surface area contributed by atoms with Gasteiger partial charge in [0, 0.05) is 13.0 Å². The highest BCUT2D eigenvalue weighted by Gasteiger charge is 2.14. The van der Waals surface area contributed by atoms with E-state index in [2.05, 4.69) is 5.32 Å². The monoisotopic (exact) mass is 311 g/mol. The van der Waals surface area contributed by atoms with Gasteiger partial charge in [-0.2, -0.15) is 0 Å². The van der Waals surface area contributed by atoms with Crippen molar-refractivity contribution < 1.29 is 18.7 Å². The Morgan fingerprint density at radius 2 is 2.19 bits per heavy atom. The number of aliphatic hydroxyl groups excluding tert-OH is 1. The molecule has 1 aromatic heterocycles. The molecule has 2 aromatic rings. The lowest BCUT2D eigenvalue weighted by Crippen LogP contribution is -2.28. The fourth-order valence-electron chi connectivity index (χ4n) is 1.80. The van der Waals surface area contributed by atoms with Gasteiger partial charge in [0.05, 0.1) is 11.1 Å². The van der Waals surface area contributed by atoms with E-state index in [-0.39, 0.29) is 17.3 Å². The van der Waals surface area contributed by atoms with E-state index in [1.165, 1.54) is 12.1 Å². The minimum absolute atomic E-state index is 0.0160. The molecule has 0 spiro atoms. The number of carbonyl (C=O) groups excluding carboxylic acids is 1. The zero-order valence-electron chi connectivity index (χ0n) is 11.4. The largest absolute Gasteiger partial charge is 0.456 e. The van der Waals surface area contributed by atoms with Gasteiger partial charge >= 0.3 is 0 Å². The number of benzene rings is 1. The molecule has 1 amide bonds. The molecule has 0 radical (unpaired) electrons. The van der Waals surface area contributed by atoms with Crippen LogP contribution in [0.15, 0.2) is 34.7 Å². The van der Waals surface area contributed by atoms with Crippen LogP contribution in [0.25, 0.3) is 0 Å². The first-order chi connectivity index (χ1) is 10.0. The van der Waals surface area contributed by atoms with E-state index in [0.29, 0.717) is 17.7 Å². The van der Waals surface area contributed by atoms with E-state index >= 15 is 0 Å². The van der Waals surface area contributed by atoms with Gasteiger partial charge in [-0.25, -0.2) is 4.39 Å². The van der Waals surface area contributed by atoms with E-state index in [4.69, 9.17) is 16.0 Å². The van der Waals surface area contributed by atoms with Crippen molar-refractivity contribution in [2.24, 2.45) is 0 Å². The van der Waals surface area contributed by atoms with Gasteiger partial charge in [-0.3, -0.25) is 4.79 Å². The van der Waals surface area contributed by atoms with Gasteiger partial charge in [0.2, 0.25) is 0 Å². The summed E-state index contributed by atoms with van der Waals surface area (Å²) in [4.78, 5) is 11.8. The van der Waals surface area contributed by atoms with E-state index in [1.54, 1.807) is 12.1 Å². The molecule has 1 heterocycles. The number of halogens is 2. The molecule has 2 rings (SSSR count). The van der Waals surface area contributed by atoms with Crippen LogP contribution in [0.4, 0.5) is 4.39 Å². The molecule has 6 heteroatoms. The fourth-order valence-corrected chi connectivity index (χ4v) is 1.92. The molecule has 112 valence electrons. The summed E-state index contributed by atoms with van der Waals surface area (Å²) in [6, 6.07) is 7.30. The first-order valence-electron chi connectivity index (χ1n) is 6.51. The maximum atomic E-state index is 13.3. The van der Waals surface area contributed by atoms with Crippen molar-refractivity contribution >= 4 is 17.5 Å². The Bertz CT molecular complexity index is 642. The molecule has 2 N–H and O–H groups in total. The molecular weight excluding hydrogens is 297 g/mol. The van der Waals surface area contributed by atoms with Gasteiger partial charge in [0.15, 0.2) is 5.76 Å². The van der Waals surface area contributed by atoms with Crippen molar-refractivity contribution in [2.75, 3.05) is 6.54 Å². The lowest BCUT2D eigenvalue weighted by atomic mass is 10.1. The first kappa shape index (κ1) is 15.5. The topological polar surface area (TPSA) is 62.5 Å². The van der Waals surface area contributed by atoms with Crippen LogP contribution in [0.5, 0.6) is 0 Å². The standard InChI is InChI=1S/C15H15ClFNO3/c1-2-10-4-6-14(21-10)15(20)18-8-13(19)9-3-5-11(16)12(17)7-9/h3-7,13,19H,2,8H2,1H3,(H,18,20). The van der Waals surface area contributed by atoms with Crippen LogP contribution in [-0.2, 0) is 6.42 Å². The number of hydrogen-bond donors (Lipinski definition) is 2. The minimum Gasteiger partial charge on any atom is -0.456 e. The highest BCUT2D eigenvalue weighted by molar-refractivity contribution is 6.30. The van der Waals surface area contributed by atoms with Crippen molar-refractivity contribution in [3.05, 3.63) is 58.3 Å². The summed E-state index contributed by atoms with van der Waals surface area (Å²) in [6.07, 6.45) is -0.332. The Morgan fingerprint density at radius 1 is 1.43 bits per heavy atom. The SMILES string of the molecule is CCc1ccc(C(=O)NCC(O)c2ccc(Cl)c(F)c2)o1. The van der Waals surface area contributed by atoms with Gasteiger partial charge in [0.1, 0.15) is 11.6 Å². The molecule has 0 aliphatic rings. The summed E-state index contributed by atoms with van der Waals surface area (Å²) in [5, 5.41) is 12.4. The number of rotatable bonds is 5. The van der Waals surface area contributed by atoms with Crippen molar-refractivity contribution in [1.82, 2.24) is 5.32 Å². The number of nitrogens with one attached hydrogen (secondary N) is 1. The second-order valence-corrected chi connectivity index (χ2v) is 4.93. The van der Waals surface area contributed by atoms with Gasteiger partial charge in [-0.1, -0.05) is 24.6 Å². The lowest BCUT2D eigenvalue weighted by molar-refractivity contribution is 0.0887. The maximum absolute atomic E-state index is 13.3. The molecule has 1 unspecified atom stereocenters. The first-order valence-corrected chi connectivity index (χ1v) is 6.89. The van der Waals surface area contributed by atoms with Crippen LogP contribution in [0, 0.1) is 5.82 Å². The summed E-state index contributed by atoms with van der Waals surface area (Å²) >= 11 is 5.57. The summed E-state index contributed by atoms with van der Waals surface area (Å²) < 4.78 is 18.6. The van der Waals surface area contributed by atoms with Crippen LogP contribution in [0.1, 0.15) is 34.9 Å². The van der Waals surface area contributed by atoms with Crippen molar-refractivity contribution in [3.8, 4) is 0 Å². The molecule has 21 heavy (non-hydrogen) atoms. The van der Waals surface area contributed by atoms with E-state index in [0.717, 1.165) is 6.07 Å². The molecule has 1 aromatic carbocycles. The van der Waals surface area contributed by atoms with Gasteiger partial charge in [-0.15, -0.1) is 0 Å². The highest BCUT2D eigenvalue weighted by atomic mass is 35.5. The third kappa shape index (κ3) is 3.83. The maximum Gasteiger partial charge on any atom is 0.287 e. The Kier molecular flexibility index (Phi) is 4.98. The highest BCUT2D eigenvalue weighted by Crippen LogP contribution is 2.20. The fraction of sp³-hybridized carbons (Fsp3) is 0.267. The second kappa shape index (κ2) is 6.74. The van der Waals surface area contributed by atoms with Crippen molar-refractivity contribution in [3.63, 3.8) is 0 Å². The summed E-state index contributed by atoms with van der Waals surface area (Å²) in [5.41, 5.74) is 0.339. The number of furan rings is 1. The van der Waals surface area contributed by atoms with Gasteiger partial charge < -0.3 is 14.8 Å². The number of hydrogen-bond acceptors (Lipinski definition) is 3. The molecule has 0 aliphatic carbocycles. The van der Waals surface area contributed by atoms with E-state index in [9.17, 15) is 14.3 Å². The van der Waals surface area contributed by atoms with E-state index in [1.807, 2.05) is 6.92 Å². The zero-order valence-corrected chi connectivity index (χ0v) is 12.2. The molecular formula is C15H15ClFNO3. The third-order valence-corrected chi connectivity index (χ3v) is 3.32. The average molecular weight is 312 g/mol. The summed E-state index contributed by atoms with van der Waals surface area (Å²) in [6.45, 7) is 1.86. The lowest BCUT2D eigenvalue weighted by Gasteiger charge is -2.12. The smallest absolute Gasteiger partial charge is 0.287 e. The number of carbonyl (C=O) groups is 1. The van der Waals surface area contributed by atoms with E-state index < -0.39 is 17.8 Å². The van der Waals surface area contributed by atoms with Crippen LogP contribution in [0.2, 0.25) is 5.02 Å². The molecule has 0 saturated heterocycles. The van der Waals surface area contributed by atoms with Crippen molar-refractivity contribution in [2.45, 2.75) is 19.4 Å². The minimum atomic E-state index is -1.03. The van der Waals surface area contributed by atoms with Gasteiger partial charge in [-0.05, 0) is 29.8 Å². The number of aliphatic hydroxyl groups is 1. The molecule has 4 nitrogen and oxygen atoms in total. The van der Waals surface area contributed by atoms with Crippen LogP contribution < -0.4 is 5.32 Å². The van der Waals surface area contributed by atoms with Crippen LogP contribution in [0.3, 0.4) is 0 Å². The molecule has 0 bridgehead atoms. The Balaban J connectivity index is 1.95. The third-order valence-electron chi connectivity index (χ3n) is 3.02. The average Bonchev–Trinajstić information content (AvgIpc) is 2.96. The summed E-state index contributed by atoms with van der Waals surface area (Å²) in [7, 11) is 0. The predicted octanol–water partition coefficient (Wildman–Crippen LogP) is 3.10. The second-order valence-electron chi connectivity index (χ2n) is 4.52. The molecule has 1 atom stereocenters. The van der Waals surface area contributed by atoms with Crippen LogP contribution >= 0.6 is 11.6 Å². The molecule has 0 aliphatic heterocycles. The molecule has 0 saturated carbocycles. The zero-order chi connectivity index (χ0) is 15.4. The number of amides is 1. The Labute approximate surface area is 126 Å². The quantitative estimate of drug-likeness (QED) is 0.892. The Hall–Kier alpha value is -1.85. The number of aryl methyl sites for hydroxylation is 1.